The van der Waals surface area contributed by atoms with E-state index in [1.165, 1.54) is 0 Å². The van der Waals surface area contributed by atoms with Crippen molar-refractivity contribution >= 4 is 28.6 Å². The first-order valence-electron chi connectivity index (χ1n) is 4.87. The number of rotatable bonds is 3. The van der Waals surface area contributed by atoms with E-state index in [1.54, 1.807) is 16.7 Å². The fraction of sp³-hybridized carbons (Fsp3) is 0.200. The number of benzene rings is 1. The van der Waals surface area contributed by atoms with Crippen molar-refractivity contribution in [1.82, 2.24) is 9.55 Å². The molecular weight excluding hydrogens is 206 g/mol. The van der Waals surface area contributed by atoms with Gasteiger partial charge < -0.3 is 21.8 Å². The Morgan fingerprint density at radius 2 is 2.12 bits per heavy atom. The van der Waals surface area contributed by atoms with Crippen LogP contribution in [0.5, 0.6) is 0 Å². The van der Waals surface area contributed by atoms with Crippen molar-refractivity contribution in [2.24, 2.45) is 5.73 Å². The lowest BCUT2D eigenvalue weighted by Gasteiger charge is -2.04. The molecular formula is C10H13N5O. The summed E-state index contributed by atoms with van der Waals surface area (Å²) in [5.74, 6) is -0.00135. The third-order valence-electron chi connectivity index (χ3n) is 2.38. The van der Waals surface area contributed by atoms with Gasteiger partial charge >= 0.3 is 0 Å². The molecule has 16 heavy (non-hydrogen) atoms. The van der Waals surface area contributed by atoms with E-state index in [0.717, 1.165) is 11.0 Å². The van der Waals surface area contributed by atoms with Crippen molar-refractivity contribution < 1.29 is 4.79 Å². The van der Waals surface area contributed by atoms with E-state index in [2.05, 4.69) is 4.98 Å². The zero-order valence-electron chi connectivity index (χ0n) is 8.68. The summed E-state index contributed by atoms with van der Waals surface area (Å²) >= 11 is 0. The van der Waals surface area contributed by atoms with Crippen LogP contribution in [0.15, 0.2) is 18.2 Å². The van der Waals surface area contributed by atoms with Gasteiger partial charge in [0.05, 0.1) is 11.0 Å². The van der Waals surface area contributed by atoms with Crippen molar-refractivity contribution in [1.29, 1.82) is 0 Å². The molecule has 84 valence electrons. The SMILES string of the molecule is NC(=O)CCn1c(N)nc2cc(N)ccc21. The van der Waals surface area contributed by atoms with Crippen LogP contribution in [0.1, 0.15) is 6.42 Å². The number of hydrogen-bond donors (Lipinski definition) is 3. The molecule has 0 aliphatic heterocycles. The normalized spacial score (nSPS) is 10.8. The lowest BCUT2D eigenvalue weighted by Crippen LogP contribution is -2.14. The van der Waals surface area contributed by atoms with Crippen molar-refractivity contribution in [3.8, 4) is 0 Å². The van der Waals surface area contributed by atoms with Crippen LogP contribution in [-0.4, -0.2) is 15.5 Å². The summed E-state index contributed by atoms with van der Waals surface area (Å²) in [7, 11) is 0. The Hall–Kier alpha value is -2.24. The Balaban J connectivity index is 2.43. The third kappa shape index (κ3) is 1.77. The molecule has 0 fully saturated rings. The number of carbonyl (C=O) groups is 1. The number of imidazole rings is 1. The minimum atomic E-state index is -0.364. The molecule has 0 saturated heterocycles. The van der Waals surface area contributed by atoms with Gasteiger partial charge in [-0.2, -0.15) is 0 Å². The fourth-order valence-corrected chi connectivity index (χ4v) is 1.62. The Morgan fingerprint density at radius 1 is 1.38 bits per heavy atom. The van der Waals surface area contributed by atoms with Gasteiger partial charge in [0.15, 0.2) is 0 Å². The Kier molecular flexibility index (Phi) is 2.40. The first kappa shape index (κ1) is 10.3. The molecule has 0 saturated carbocycles. The molecule has 1 heterocycles. The van der Waals surface area contributed by atoms with Crippen LogP contribution in [0.25, 0.3) is 11.0 Å². The summed E-state index contributed by atoms with van der Waals surface area (Å²) < 4.78 is 1.75. The second-order valence-corrected chi connectivity index (χ2v) is 3.59. The van der Waals surface area contributed by atoms with Crippen LogP contribution < -0.4 is 17.2 Å². The Bertz CT molecular complexity index is 545. The minimum absolute atomic E-state index is 0.236. The van der Waals surface area contributed by atoms with Crippen molar-refractivity contribution in [2.75, 3.05) is 11.5 Å². The fourth-order valence-electron chi connectivity index (χ4n) is 1.62. The monoisotopic (exact) mass is 219 g/mol. The second kappa shape index (κ2) is 3.73. The van der Waals surface area contributed by atoms with Gasteiger partial charge in [-0.05, 0) is 18.2 Å². The molecule has 0 aliphatic carbocycles. The van der Waals surface area contributed by atoms with Crippen molar-refractivity contribution in [3.05, 3.63) is 18.2 Å². The summed E-state index contributed by atoms with van der Waals surface area (Å²) in [6, 6.07) is 5.34. The molecule has 0 unspecified atom stereocenters. The summed E-state index contributed by atoms with van der Waals surface area (Å²) in [6.45, 7) is 0.432. The number of nitrogens with two attached hydrogens (primary N) is 3. The summed E-state index contributed by atoms with van der Waals surface area (Å²) in [6.07, 6.45) is 0.236. The second-order valence-electron chi connectivity index (χ2n) is 3.59. The number of anilines is 2. The van der Waals surface area contributed by atoms with Crippen LogP contribution in [0.4, 0.5) is 11.6 Å². The van der Waals surface area contributed by atoms with Gasteiger partial charge in [0, 0.05) is 18.7 Å². The molecule has 1 aromatic heterocycles. The van der Waals surface area contributed by atoms with E-state index >= 15 is 0 Å². The number of nitrogen functional groups attached to an aromatic ring is 2. The average molecular weight is 219 g/mol. The van der Waals surface area contributed by atoms with Gasteiger partial charge in [-0.15, -0.1) is 0 Å². The zero-order valence-corrected chi connectivity index (χ0v) is 8.68. The van der Waals surface area contributed by atoms with E-state index < -0.39 is 0 Å². The van der Waals surface area contributed by atoms with E-state index in [9.17, 15) is 4.79 Å². The Labute approximate surface area is 92.0 Å². The van der Waals surface area contributed by atoms with Crippen molar-refractivity contribution in [3.63, 3.8) is 0 Å². The van der Waals surface area contributed by atoms with Crippen LogP contribution >= 0.6 is 0 Å². The molecule has 1 amide bonds. The summed E-state index contributed by atoms with van der Waals surface area (Å²) in [5.41, 5.74) is 18.7. The third-order valence-corrected chi connectivity index (χ3v) is 2.38. The number of nitrogens with zero attached hydrogens (tertiary/aromatic N) is 2. The number of fused-ring (bicyclic) bond motifs is 1. The number of aryl methyl sites for hydroxylation is 1. The van der Waals surface area contributed by atoms with Gasteiger partial charge in [0.1, 0.15) is 0 Å². The maximum Gasteiger partial charge on any atom is 0.219 e. The highest BCUT2D eigenvalue weighted by molar-refractivity contribution is 5.82. The molecule has 0 spiro atoms. The highest BCUT2D eigenvalue weighted by Crippen LogP contribution is 2.20. The first-order chi connectivity index (χ1) is 7.58. The molecule has 6 heteroatoms. The van der Waals surface area contributed by atoms with Crippen LogP contribution in [0.3, 0.4) is 0 Å². The van der Waals surface area contributed by atoms with Crippen LogP contribution in [-0.2, 0) is 11.3 Å². The van der Waals surface area contributed by atoms with E-state index in [0.29, 0.717) is 18.2 Å². The van der Waals surface area contributed by atoms with E-state index in [1.807, 2.05) is 6.07 Å². The molecule has 2 aromatic rings. The molecule has 0 atom stereocenters. The van der Waals surface area contributed by atoms with Gasteiger partial charge in [-0.25, -0.2) is 4.98 Å². The topological polar surface area (TPSA) is 113 Å². The lowest BCUT2D eigenvalue weighted by atomic mass is 10.3. The molecule has 6 nitrogen and oxygen atoms in total. The molecule has 0 aliphatic rings. The van der Waals surface area contributed by atoms with E-state index in [4.69, 9.17) is 17.2 Å². The van der Waals surface area contributed by atoms with Gasteiger partial charge in [0.2, 0.25) is 11.9 Å². The van der Waals surface area contributed by atoms with Crippen LogP contribution in [0.2, 0.25) is 0 Å². The molecule has 0 radical (unpaired) electrons. The summed E-state index contributed by atoms with van der Waals surface area (Å²) in [4.78, 5) is 14.9. The maximum absolute atomic E-state index is 10.7. The van der Waals surface area contributed by atoms with Crippen molar-refractivity contribution in [2.45, 2.75) is 13.0 Å². The Morgan fingerprint density at radius 3 is 2.81 bits per heavy atom. The first-order valence-corrected chi connectivity index (χ1v) is 4.87. The zero-order chi connectivity index (χ0) is 11.7. The largest absolute Gasteiger partial charge is 0.399 e. The predicted octanol–water partition coefficient (Wildman–Crippen LogP) is 0.0761. The highest BCUT2D eigenvalue weighted by atomic mass is 16.1. The number of primary amides is 1. The number of carbonyl (C=O) groups excluding carboxylic acids is 1. The average Bonchev–Trinajstić information content (AvgIpc) is 2.50. The smallest absolute Gasteiger partial charge is 0.219 e. The molecule has 6 N–H and O–H groups in total. The van der Waals surface area contributed by atoms with Gasteiger partial charge in [0.25, 0.3) is 0 Å². The van der Waals surface area contributed by atoms with Gasteiger partial charge in [-0.1, -0.05) is 0 Å². The predicted molar refractivity (Wildman–Crippen MR) is 62.4 cm³/mol. The number of amides is 1. The number of hydrogen-bond acceptors (Lipinski definition) is 4. The molecule has 0 bridgehead atoms. The minimum Gasteiger partial charge on any atom is -0.399 e. The molecule has 2 rings (SSSR count). The number of aromatic nitrogens is 2. The standard InChI is InChI=1S/C10H13N5O/c11-6-1-2-8-7(5-6)14-10(13)15(8)4-3-9(12)16/h1-2,5H,3-4,11H2,(H2,12,16)(H2,13,14). The molecule has 1 aromatic carbocycles. The lowest BCUT2D eigenvalue weighted by molar-refractivity contribution is -0.118. The maximum atomic E-state index is 10.7. The summed E-state index contributed by atoms with van der Waals surface area (Å²) in [5, 5.41) is 0. The quantitative estimate of drug-likeness (QED) is 0.634. The highest BCUT2D eigenvalue weighted by Gasteiger charge is 2.08. The van der Waals surface area contributed by atoms with Crippen LogP contribution in [0, 0.1) is 0 Å². The van der Waals surface area contributed by atoms with E-state index in [-0.39, 0.29) is 12.3 Å². The van der Waals surface area contributed by atoms with Gasteiger partial charge in [-0.3, -0.25) is 4.79 Å².